The first-order chi connectivity index (χ1) is 14.4. The highest BCUT2D eigenvalue weighted by molar-refractivity contribution is 5.95. The number of hydrogen-bond acceptors (Lipinski definition) is 3. The minimum absolute atomic E-state index is 0.197. The zero-order valence-electron chi connectivity index (χ0n) is 16.8. The molecule has 0 bridgehead atoms. The second kappa shape index (κ2) is 10.0. The number of carbonyl (C=O) groups excluding carboxylic acids is 2. The second-order valence-electron chi connectivity index (χ2n) is 7.42. The summed E-state index contributed by atoms with van der Waals surface area (Å²) in [6.45, 7) is 3.44. The summed E-state index contributed by atoms with van der Waals surface area (Å²) >= 11 is 0. The molecule has 0 aliphatic carbocycles. The van der Waals surface area contributed by atoms with E-state index in [0.29, 0.717) is 25.3 Å². The van der Waals surface area contributed by atoms with Gasteiger partial charge in [-0.2, -0.15) is 0 Å². The molecule has 2 amide bonds. The normalized spacial score (nSPS) is 17.2. The molecular weight excluding hydrogens is 388 g/mol. The van der Waals surface area contributed by atoms with E-state index in [0.717, 1.165) is 18.1 Å². The molecule has 5 nitrogen and oxygen atoms in total. The highest BCUT2D eigenvalue weighted by Crippen LogP contribution is 2.25. The second-order valence-corrected chi connectivity index (χ2v) is 7.42. The molecular formula is C23H25F2N3O2. The molecule has 1 fully saturated rings. The SMILES string of the molecule is CC(NC(=O)/C=C/c1ccccc1)C(=O)NCC1CCN(c2ccc(F)c(F)c2)C1. The van der Waals surface area contributed by atoms with Crippen LogP contribution in [0.15, 0.2) is 54.6 Å². The minimum atomic E-state index is -0.866. The van der Waals surface area contributed by atoms with Crippen molar-refractivity contribution in [3.63, 3.8) is 0 Å². The Hall–Kier alpha value is -3.22. The van der Waals surface area contributed by atoms with Crippen molar-refractivity contribution >= 4 is 23.6 Å². The molecule has 2 aromatic rings. The highest BCUT2D eigenvalue weighted by Gasteiger charge is 2.24. The number of carbonyl (C=O) groups is 2. The average molecular weight is 413 g/mol. The molecule has 0 radical (unpaired) electrons. The van der Waals surface area contributed by atoms with Crippen molar-refractivity contribution in [1.82, 2.24) is 10.6 Å². The van der Waals surface area contributed by atoms with Gasteiger partial charge in [-0.3, -0.25) is 9.59 Å². The van der Waals surface area contributed by atoms with E-state index in [-0.39, 0.29) is 17.7 Å². The largest absolute Gasteiger partial charge is 0.371 e. The first-order valence-electron chi connectivity index (χ1n) is 9.93. The lowest BCUT2D eigenvalue weighted by molar-refractivity contribution is -0.126. The van der Waals surface area contributed by atoms with E-state index in [4.69, 9.17) is 0 Å². The van der Waals surface area contributed by atoms with Crippen LogP contribution in [0.4, 0.5) is 14.5 Å². The van der Waals surface area contributed by atoms with E-state index in [1.54, 1.807) is 19.1 Å². The summed E-state index contributed by atoms with van der Waals surface area (Å²) in [5.74, 6) is -2.14. The number of rotatable bonds is 7. The number of hydrogen-bond donors (Lipinski definition) is 2. The molecule has 0 spiro atoms. The van der Waals surface area contributed by atoms with Crippen LogP contribution in [0.2, 0.25) is 0 Å². The standard InChI is InChI=1S/C23H25F2N3O2/c1-16(27-22(29)10-7-17-5-3-2-4-6-17)23(30)26-14-18-11-12-28(15-18)19-8-9-20(24)21(25)13-19/h2-10,13,16,18H,11-12,14-15H2,1H3,(H,26,30)(H,27,29)/b10-7+. The van der Waals surface area contributed by atoms with Crippen molar-refractivity contribution in [1.29, 1.82) is 0 Å². The fraction of sp³-hybridized carbons (Fsp3) is 0.304. The van der Waals surface area contributed by atoms with Gasteiger partial charge in [0.2, 0.25) is 11.8 Å². The number of nitrogens with zero attached hydrogens (tertiary/aromatic N) is 1. The molecule has 0 saturated carbocycles. The maximum atomic E-state index is 13.4. The van der Waals surface area contributed by atoms with Gasteiger partial charge in [0.15, 0.2) is 11.6 Å². The van der Waals surface area contributed by atoms with Crippen LogP contribution < -0.4 is 15.5 Å². The summed E-state index contributed by atoms with van der Waals surface area (Å²) in [6, 6.07) is 12.6. The Morgan fingerprint density at radius 3 is 2.67 bits per heavy atom. The van der Waals surface area contributed by atoms with Gasteiger partial charge in [0, 0.05) is 37.5 Å². The van der Waals surface area contributed by atoms with Gasteiger partial charge in [-0.1, -0.05) is 30.3 Å². The van der Waals surface area contributed by atoms with Crippen molar-refractivity contribution in [2.24, 2.45) is 5.92 Å². The molecule has 1 saturated heterocycles. The van der Waals surface area contributed by atoms with Crippen LogP contribution in [0.5, 0.6) is 0 Å². The molecule has 1 heterocycles. The number of anilines is 1. The van der Waals surface area contributed by atoms with Gasteiger partial charge >= 0.3 is 0 Å². The number of benzene rings is 2. The van der Waals surface area contributed by atoms with Gasteiger partial charge in [-0.25, -0.2) is 8.78 Å². The number of nitrogens with one attached hydrogen (secondary N) is 2. The summed E-state index contributed by atoms with van der Waals surface area (Å²) < 4.78 is 26.5. The van der Waals surface area contributed by atoms with E-state index in [1.165, 1.54) is 12.1 Å². The summed E-state index contributed by atoms with van der Waals surface area (Å²) in [4.78, 5) is 26.3. The van der Waals surface area contributed by atoms with Crippen molar-refractivity contribution in [3.05, 3.63) is 71.8 Å². The molecule has 2 unspecified atom stereocenters. The van der Waals surface area contributed by atoms with Gasteiger partial charge in [0.25, 0.3) is 0 Å². The van der Waals surface area contributed by atoms with Crippen LogP contribution in [0, 0.1) is 17.6 Å². The predicted octanol–water partition coefficient (Wildman–Crippen LogP) is 3.13. The molecule has 2 atom stereocenters. The fourth-order valence-corrected chi connectivity index (χ4v) is 3.38. The van der Waals surface area contributed by atoms with Crippen LogP contribution in [0.25, 0.3) is 6.08 Å². The van der Waals surface area contributed by atoms with Crippen molar-refractivity contribution in [2.75, 3.05) is 24.5 Å². The summed E-state index contributed by atoms with van der Waals surface area (Å²) in [5.41, 5.74) is 1.53. The third-order valence-electron chi connectivity index (χ3n) is 5.10. The molecule has 1 aliphatic heterocycles. The smallest absolute Gasteiger partial charge is 0.244 e. The summed E-state index contributed by atoms with van der Waals surface area (Å²) in [7, 11) is 0. The minimum Gasteiger partial charge on any atom is -0.371 e. The van der Waals surface area contributed by atoms with E-state index in [1.807, 2.05) is 35.2 Å². The lowest BCUT2D eigenvalue weighted by Gasteiger charge is -2.19. The monoisotopic (exact) mass is 413 g/mol. The van der Waals surface area contributed by atoms with E-state index in [9.17, 15) is 18.4 Å². The third kappa shape index (κ3) is 5.89. The maximum absolute atomic E-state index is 13.4. The van der Waals surface area contributed by atoms with Crippen LogP contribution in [-0.2, 0) is 9.59 Å². The molecule has 0 aromatic heterocycles. The average Bonchev–Trinajstić information content (AvgIpc) is 3.22. The first kappa shape index (κ1) is 21.5. The molecule has 7 heteroatoms. The molecule has 30 heavy (non-hydrogen) atoms. The lowest BCUT2D eigenvalue weighted by atomic mass is 10.1. The van der Waals surface area contributed by atoms with Crippen LogP contribution in [-0.4, -0.2) is 37.5 Å². The predicted molar refractivity (Wildman–Crippen MR) is 113 cm³/mol. The van der Waals surface area contributed by atoms with Gasteiger partial charge in [-0.05, 0) is 43.0 Å². The van der Waals surface area contributed by atoms with E-state index < -0.39 is 17.7 Å². The Bertz CT molecular complexity index is 918. The Morgan fingerprint density at radius 2 is 1.93 bits per heavy atom. The topological polar surface area (TPSA) is 61.4 Å². The Morgan fingerprint density at radius 1 is 1.17 bits per heavy atom. The maximum Gasteiger partial charge on any atom is 0.244 e. The molecule has 1 aliphatic rings. The third-order valence-corrected chi connectivity index (χ3v) is 5.10. The van der Waals surface area contributed by atoms with Crippen LogP contribution in [0.1, 0.15) is 18.9 Å². The summed E-state index contributed by atoms with van der Waals surface area (Å²) in [5, 5.41) is 5.50. The first-order valence-corrected chi connectivity index (χ1v) is 9.93. The Labute approximate surface area is 174 Å². The highest BCUT2D eigenvalue weighted by atomic mass is 19.2. The van der Waals surface area contributed by atoms with Crippen molar-refractivity contribution in [2.45, 2.75) is 19.4 Å². The fourth-order valence-electron chi connectivity index (χ4n) is 3.38. The van der Waals surface area contributed by atoms with Gasteiger partial charge in [-0.15, -0.1) is 0 Å². The van der Waals surface area contributed by atoms with Gasteiger partial charge in [0.05, 0.1) is 0 Å². The number of halogens is 2. The zero-order chi connectivity index (χ0) is 21.5. The summed E-state index contributed by atoms with van der Waals surface area (Å²) in [6.07, 6.45) is 3.92. The molecule has 158 valence electrons. The molecule has 2 aromatic carbocycles. The molecule has 3 rings (SSSR count). The van der Waals surface area contributed by atoms with E-state index in [2.05, 4.69) is 10.6 Å². The van der Waals surface area contributed by atoms with Crippen LogP contribution in [0.3, 0.4) is 0 Å². The Balaban J connectivity index is 1.42. The van der Waals surface area contributed by atoms with Crippen molar-refractivity contribution < 1.29 is 18.4 Å². The number of amides is 2. The Kier molecular flexibility index (Phi) is 7.17. The zero-order valence-corrected chi connectivity index (χ0v) is 16.8. The lowest BCUT2D eigenvalue weighted by Crippen LogP contribution is -2.45. The van der Waals surface area contributed by atoms with E-state index >= 15 is 0 Å². The van der Waals surface area contributed by atoms with Gasteiger partial charge in [0.1, 0.15) is 6.04 Å². The molecule has 2 N–H and O–H groups in total. The van der Waals surface area contributed by atoms with Crippen LogP contribution >= 0.6 is 0 Å². The van der Waals surface area contributed by atoms with Gasteiger partial charge < -0.3 is 15.5 Å². The van der Waals surface area contributed by atoms with Crippen molar-refractivity contribution in [3.8, 4) is 0 Å². The quantitative estimate of drug-likeness (QED) is 0.686.